The van der Waals surface area contributed by atoms with Crippen LogP contribution in [0, 0.1) is 5.82 Å². The molecule has 0 atom stereocenters. The third-order valence-corrected chi connectivity index (χ3v) is 2.55. The van der Waals surface area contributed by atoms with E-state index in [1.807, 2.05) is 0 Å². The van der Waals surface area contributed by atoms with E-state index in [9.17, 15) is 14.0 Å². The summed E-state index contributed by atoms with van der Waals surface area (Å²) < 4.78 is 12.7. The molecule has 2 amide bonds. The number of amides is 2. The lowest BCUT2D eigenvalue weighted by atomic mass is 10.2. The Hall–Kier alpha value is -2.11. The van der Waals surface area contributed by atoms with Crippen molar-refractivity contribution in [2.75, 3.05) is 6.54 Å². The van der Waals surface area contributed by atoms with Crippen LogP contribution >= 0.6 is 0 Å². The third kappa shape index (κ3) is 4.95. The van der Waals surface area contributed by atoms with Crippen molar-refractivity contribution in [2.24, 2.45) is 0 Å². The molecule has 0 aromatic heterocycles. The zero-order valence-corrected chi connectivity index (χ0v) is 10.9. The normalized spacial score (nSPS) is 10.3. The maximum atomic E-state index is 12.7. The molecule has 1 aromatic rings. The highest BCUT2D eigenvalue weighted by Gasteiger charge is 2.19. The molecular formula is C13H17FN2O3. The molecule has 1 rings (SSSR count). The molecule has 0 aliphatic carbocycles. The average molecular weight is 268 g/mol. The van der Waals surface area contributed by atoms with Crippen LogP contribution in [0.1, 0.15) is 19.4 Å². The maximum absolute atomic E-state index is 12.7. The zero-order valence-electron chi connectivity index (χ0n) is 10.9. The number of nitrogens with zero attached hydrogens (tertiary/aromatic N) is 1. The quantitative estimate of drug-likeness (QED) is 0.856. The first-order chi connectivity index (χ1) is 8.90. The molecule has 0 saturated heterocycles. The number of carbonyl (C=O) groups is 2. The van der Waals surface area contributed by atoms with Crippen LogP contribution in [-0.4, -0.2) is 34.6 Å². The maximum Gasteiger partial charge on any atom is 0.323 e. The Morgan fingerprint density at radius 3 is 2.37 bits per heavy atom. The van der Waals surface area contributed by atoms with Gasteiger partial charge in [0.15, 0.2) is 0 Å². The van der Waals surface area contributed by atoms with E-state index >= 15 is 0 Å². The third-order valence-electron chi connectivity index (χ3n) is 2.55. The van der Waals surface area contributed by atoms with Crippen molar-refractivity contribution >= 4 is 12.0 Å². The summed E-state index contributed by atoms with van der Waals surface area (Å²) in [7, 11) is 0. The standard InChI is InChI=1S/C13H17FN2O3/c1-9(2)16(8-12(17)18)13(19)15-7-10-3-5-11(14)6-4-10/h3-6,9H,7-8H2,1-2H3,(H,15,19)(H,17,18). The summed E-state index contributed by atoms with van der Waals surface area (Å²) >= 11 is 0. The van der Waals surface area contributed by atoms with E-state index in [-0.39, 0.29) is 24.9 Å². The number of carbonyl (C=O) groups excluding carboxylic acids is 1. The molecule has 0 heterocycles. The fourth-order valence-electron chi connectivity index (χ4n) is 1.52. The molecule has 104 valence electrons. The molecule has 19 heavy (non-hydrogen) atoms. The molecule has 0 fully saturated rings. The largest absolute Gasteiger partial charge is 0.480 e. The summed E-state index contributed by atoms with van der Waals surface area (Å²) in [6.07, 6.45) is 0. The number of nitrogens with one attached hydrogen (secondary N) is 1. The predicted octanol–water partition coefficient (Wildman–Crippen LogP) is 1.83. The number of aliphatic carboxylic acids is 1. The number of halogens is 1. The summed E-state index contributed by atoms with van der Waals surface area (Å²) in [6.45, 7) is 3.34. The number of benzene rings is 1. The Bertz CT molecular complexity index is 446. The molecular weight excluding hydrogens is 251 g/mol. The Morgan fingerprint density at radius 1 is 1.32 bits per heavy atom. The Balaban J connectivity index is 2.57. The Labute approximate surface area is 111 Å². The van der Waals surface area contributed by atoms with Gasteiger partial charge < -0.3 is 15.3 Å². The van der Waals surface area contributed by atoms with Gasteiger partial charge in [-0.3, -0.25) is 4.79 Å². The second-order valence-electron chi connectivity index (χ2n) is 4.40. The van der Waals surface area contributed by atoms with Gasteiger partial charge in [-0.2, -0.15) is 0 Å². The molecule has 0 bridgehead atoms. The molecule has 5 nitrogen and oxygen atoms in total. The predicted molar refractivity (Wildman–Crippen MR) is 68.1 cm³/mol. The van der Waals surface area contributed by atoms with Crippen molar-refractivity contribution in [1.82, 2.24) is 10.2 Å². The molecule has 0 aliphatic heterocycles. The van der Waals surface area contributed by atoms with Gasteiger partial charge in [0.1, 0.15) is 12.4 Å². The highest BCUT2D eigenvalue weighted by molar-refractivity contribution is 5.80. The van der Waals surface area contributed by atoms with Gasteiger partial charge in [-0.1, -0.05) is 12.1 Å². The topological polar surface area (TPSA) is 69.6 Å². The lowest BCUT2D eigenvalue weighted by Gasteiger charge is -2.25. The van der Waals surface area contributed by atoms with Crippen molar-refractivity contribution in [1.29, 1.82) is 0 Å². The minimum absolute atomic E-state index is 0.218. The first-order valence-corrected chi connectivity index (χ1v) is 5.91. The number of urea groups is 1. The summed E-state index contributed by atoms with van der Waals surface area (Å²) in [4.78, 5) is 23.7. The fraction of sp³-hybridized carbons (Fsp3) is 0.385. The van der Waals surface area contributed by atoms with Crippen LogP contribution in [0.5, 0.6) is 0 Å². The number of carboxylic acids is 1. The Kier molecular flexibility index (Phi) is 5.29. The molecule has 0 saturated carbocycles. The van der Waals surface area contributed by atoms with Gasteiger partial charge in [0.05, 0.1) is 0 Å². The van der Waals surface area contributed by atoms with Gasteiger partial charge >= 0.3 is 12.0 Å². The van der Waals surface area contributed by atoms with Gasteiger partial charge in [-0.25, -0.2) is 9.18 Å². The number of rotatable bonds is 5. The lowest BCUT2D eigenvalue weighted by Crippen LogP contribution is -2.46. The second kappa shape index (κ2) is 6.72. The number of hydrogen-bond donors (Lipinski definition) is 2. The SMILES string of the molecule is CC(C)N(CC(=O)O)C(=O)NCc1ccc(F)cc1. The molecule has 2 N–H and O–H groups in total. The van der Waals surface area contributed by atoms with E-state index in [1.165, 1.54) is 17.0 Å². The molecule has 0 aliphatic rings. The van der Waals surface area contributed by atoms with Gasteiger partial charge in [-0.15, -0.1) is 0 Å². The smallest absolute Gasteiger partial charge is 0.323 e. The zero-order chi connectivity index (χ0) is 14.4. The van der Waals surface area contributed by atoms with E-state index < -0.39 is 12.0 Å². The summed E-state index contributed by atoms with van der Waals surface area (Å²) in [5.41, 5.74) is 0.744. The van der Waals surface area contributed by atoms with Gasteiger partial charge in [-0.05, 0) is 31.5 Å². The van der Waals surface area contributed by atoms with Crippen LogP contribution in [0.4, 0.5) is 9.18 Å². The van der Waals surface area contributed by atoms with E-state index in [2.05, 4.69) is 5.32 Å². The lowest BCUT2D eigenvalue weighted by molar-refractivity contribution is -0.138. The van der Waals surface area contributed by atoms with E-state index in [4.69, 9.17) is 5.11 Å². The summed E-state index contributed by atoms with van der Waals surface area (Å²) in [5, 5.41) is 11.3. The fourth-order valence-corrected chi connectivity index (χ4v) is 1.52. The minimum atomic E-state index is -1.06. The highest BCUT2D eigenvalue weighted by Crippen LogP contribution is 2.04. The minimum Gasteiger partial charge on any atom is -0.480 e. The monoisotopic (exact) mass is 268 g/mol. The van der Waals surface area contributed by atoms with Crippen LogP contribution in [0.15, 0.2) is 24.3 Å². The number of hydrogen-bond acceptors (Lipinski definition) is 2. The molecule has 1 aromatic carbocycles. The van der Waals surface area contributed by atoms with E-state index in [1.54, 1.807) is 26.0 Å². The summed E-state index contributed by atoms with van der Waals surface area (Å²) in [5.74, 6) is -1.41. The summed E-state index contributed by atoms with van der Waals surface area (Å²) in [6, 6.07) is 5.06. The van der Waals surface area contributed by atoms with Gasteiger partial charge in [0.2, 0.25) is 0 Å². The first-order valence-electron chi connectivity index (χ1n) is 5.91. The molecule has 0 spiro atoms. The van der Waals surface area contributed by atoms with Crippen molar-refractivity contribution in [3.05, 3.63) is 35.6 Å². The first kappa shape index (κ1) is 14.9. The van der Waals surface area contributed by atoms with Crippen molar-refractivity contribution in [3.63, 3.8) is 0 Å². The van der Waals surface area contributed by atoms with Crippen molar-refractivity contribution in [3.8, 4) is 0 Å². The molecule has 0 radical (unpaired) electrons. The van der Waals surface area contributed by atoms with Crippen LogP contribution in [0.2, 0.25) is 0 Å². The van der Waals surface area contributed by atoms with Gasteiger partial charge in [0.25, 0.3) is 0 Å². The Morgan fingerprint density at radius 2 is 1.89 bits per heavy atom. The van der Waals surface area contributed by atoms with Crippen molar-refractivity contribution < 1.29 is 19.1 Å². The van der Waals surface area contributed by atoms with Gasteiger partial charge in [0, 0.05) is 12.6 Å². The van der Waals surface area contributed by atoms with Crippen LogP contribution in [0.3, 0.4) is 0 Å². The second-order valence-corrected chi connectivity index (χ2v) is 4.40. The van der Waals surface area contributed by atoms with Crippen LogP contribution in [0.25, 0.3) is 0 Å². The number of carboxylic acid groups (broad SMARTS) is 1. The van der Waals surface area contributed by atoms with E-state index in [0.29, 0.717) is 0 Å². The van der Waals surface area contributed by atoms with Crippen LogP contribution in [-0.2, 0) is 11.3 Å². The average Bonchev–Trinajstić information content (AvgIpc) is 2.34. The van der Waals surface area contributed by atoms with Crippen molar-refractivity contribution in [2.45, 2.75) is 26.4 Å². The highest BCUT2D eigenvalue weighted by atomic mass is 19.1. The molecule has 0 unspecified atom stereocenters. The molecule has 6 heteroatoms. The van der Waals surface area contributed by atoms with Crippen LogP contribution < -0.4 is 5.32 Å². The van der Waals surface area contributed by atoms with E-state index in [0.717, 1.165) is 5.56 Å².